The van der Waals surface area contributed by atoms with Crippen molar-refractivity contribution in [1.29, 1.82) is 0 Å². The van der Waals surface area contributed by atoms with E-state index in [0.717, 1.165) is 16.7 Å². The molecule has 0 aliphatic rings. The number of nitrogens with one attached hydrogen (secondary N) is 1. The molecule has 3 aromatic carbocycles. The second kappa shape index (κ2) is 11.3. The van der Waals surface area contributed by atoms with Gasteiger partial charge in [-0.25, -0.2) is 0 Å². The first kappa shape index (κ1) is 21.7. The number of rotatable bonds is 10. The second-order valence-corrected chi connectivity index (χ2v) is 7.27. The molecule has 3 aromatic rings. The van der Waals surface area contributed by atoms with Crippen LogP contribution in [0, 0.1) is 5.92 Å². The van der Waals surface area contributed by atoms with Crippen molar-refractivity contribution in [2.24, 2.45) is 11.7 Å². The minimum absolute atomic E-state index is 0.157. The Morgan fingerprint density at radius 1 is 0.833 bits per heavy atom. The van der Waals surface area contributed by atoms with Crippen molar-refractivity contribution in [3.05, 3.63) is 108 Å². The highest BCUT2D eigenvalue weighted by Gasteiger charge is 2.32. The molecule has 0 heterocycles. The lowest BCUT2D eigenvalue weighted by Crippen LogP contribution is -2.52. The fourth-order valence-corrected chi connectivity index (χ4v) is 3.25. The summed E-state index contributed by atoms with van der Waals surface area (Å²) >= 11 is 0. The molecule has 1 unspecified atom stereocenters. The van der Waals surface area contributed by atoms with Gasteiger partial charge in [0.1, 0.15) is 6.61 Å². The van der Waals surface area contributed by atoms with Gasteiger partial charge in [0.2, 0.25) is 0 Å². The molecule has 0 saturated heterocycles. The molecule has 5 heteroatoms. The van der Waals surface area contributed by atoms with Crippen LogP contribution in [0.5, 0.6) is 0 Å². The molecule has 0 bridgehead atoms. The van der Waals surface area contributed by atoms with Gasteiger partial charge in [-0.3, -0.25) is 10.1 Å². The Morgan fingerprint density at radius 3 is 1.90 bits per heavy atom. The van der Waals surface area contributed by atoms with E-state index in [1.807, 2.05) is 91.0 Å². The van der Waals surface area contributed by atoms with E-state index in [1.165, 1.54) is 0 Å². The zero-order valence-electron chi connectivity index (χ0n) is 16.9. The van der Waals surface area contributed by atoms with Crippen molar-refractivity contribution in [1.82, 2.24) is 5.32 Å². The van der Waals surface area contributed by atoms with Crippen LogP contribution in [-0.4, -0.2) is 23.3 Å². The predicted octanol–water partition coefficient (Wildman–Crippen LogP) is 3.02. The molecule has 0 amide bonds. The third-order valence-corrected chi connectivity index (χ3v) is 4.99. The van der Waals surface area contributed by atoms with Crippen molar-refractivity contribution in [3.63, 3.8) is 0 Å². The minimum Gasteiger partial charge on any atom is -0.461 e. The molecular formula is C25H28N2O3. The van der Waals surface area contributed by atoms with Crippen LogP contribution >= 0.6 is 0 Å². The van der Waals surface area contributed by atoms with Crippen molar-refractivity contribution in [2.45, 2.75) is 31.8 Å². The Hall–Kier alpha value is -2.99. The SMILES string of the molecule is NC(NCc1ccccc1)[C@H](O)[C@H](Cc1ccccc1)C(=O)OCc1ccccc1. The summed E-state index contributed by atoms with van der Waals surface area (Å²) in [5, 5.41) is 14.0. The molecule has 30 heavy (non-hydrogen) atoms. The standard InChI is InChI=1S/C25H28N2O3/c26-24(27-17-20-12-6-2-7-13-20)23(28)22(16-19-10-4-1-5-11-19)25(29)30-18-21-14-8-3-9-15-21/h1-15,22-24,27-28H,16-18,26H2/t22-,23+,24?/m0/s1. The maximum absolute atomic E-state index is 12.9. The highest BCUT2D eigenvalue weighted by atomic mass is 16.5. The lowest BCUT2D eigenvalue weighted by Gasteiger charge is -2.27. The first-order valence-corrected chi connectivity index (χ1v) is 10.1. The number of aliphatic hydroxyl groups is 1. The van der Waals surface area contributed by atoms with Gasteiger partial charge in [0, 0.05) is 6.54 Å². The molecule has 0 aliphatic heterocycles. The van der Waals surface area contributed by atoms with Gasteiger partial charge < -0.3 is 15.6 Å². The molecule has 0 spiro atoms. The third-order valence-electron chi connectivity index (χ3n) is 4.99. The minimum atomic E-state index is -1.10. The van der Waals surface area contributed by atoms with Gasteiger partial charge in [0.25, 0.3) is 0 Å². The Bertz CT molecular complexity index is 888. The third kappa shape index (κ3) is 6.52. The van der Waals surface area contributed by atoms with Crippen molar-refractivity contribution < 1.29 is 14.6 Å². The summed E-state index contributed by atoms with van der Waals surface area (Å²) in [5.74, 6) is -1.25. The fourth-order valence-electron chi connectivity index (χ4n) is 3.25. The summed E-state index contributed by atoms with van der Waals surface area (Å²) in [5.41, 5.74) is 9.08. The van der Waals surface area contributed by atoms with Crippen molar-refractivity contribution in [3.8, 4) is 0 Å². The highest BCUT2D eigenvalue weighted by Crippen LogP contribution is 2.17. The van der Waals surface area contributed by atoms with Crippen LogP contribution in [0.25, 0.3) is 0 Å². The van der Waals surface area contributed by atoms with E-state index in [-0.39, 0.29) is 6.61 Å². The van der Waals surface area contributed by atoms with Gasteiger partial charge in [-0.05, 0) is 23.1 Å². The molecule has 4 N–H and O–H groups in total. The Morgan fingerprint density at radius 2 is 1.33 bits per heavy atom. The van der Waals surface area contributed by atoms with E-state index < -0.39 is 24.2 Å². The average molecular weight is 405 g/mol. The molecule has 3 rings (SSSR count). The summed E-state index contributed by atoms with van der Waals surface area (Å²) in [6.45, 7) is 0.653. The summed E-state index contributed by atoms with van der Waals surface area (Å²) in [6.07, 6.45) is -1.53. The topological polar surface area (TPSA) is 84.6 Å². The van der Waals surface area contributed by atoms with E-state index in [9.17, 15) is 9.90 Å². The number of hydrogen-bond acceptors (Lipinski definition) is 5. The van der Waals surface area contributed by atoms with E-state index in [0.29, 0.717) is 13.0 Å². The molecule has 5 nitrogen and oxygen atoms in total. The van der Waals surface area contributed by atoms with Gasteiger partial charge in [-0.1, -0.05) is 91.0 Å². The monoisotopic (exact) mass is 404 g/mol. The number of carbonyl (C=O) groups excluding carboxylic acids is 1. The molecule has 156 valence electrons. The number of esters is 1. The molecule has 3 atom stereocenters. The molecule has 0 aliphatic carbocycles. The van der Waals surface area contributed by atoms with Crippen LogP contribution in [0.4, 0.5) is 0 Å². The van der Waals surface area contributed by atoms with Crippen LogP contribution in [0.2, 0.25) is 0 Å². The number of ether oxygens (including phenoxy) is 1. The highest BCUT2D eigenvalue weighted by molar-refractivity contribution is 5.73. The lowest BCUT2D eigenvalue weighted by atomic mass is 9.92. The number of aliphatic hydroxyl groups excluding tert-OH is 1. The number of benzene rings is 3. The Balaban J connectivity index is 1.66. The molecule has 0 radical (unpaired) electrons. The zero-order valence-corrected chi connectivity index (χ0v) is 16.9. The molecule has 0 aromatic heterocycles. The van der Waals surface area contributed by atoms with Crippen LogP contribution < -0.4 is 11.1 Å². The van der Waals surface area contributed by atoms with Gasteiger partial charge in [0.05, 0.1) is 18.2 Å². The first-order chi connectivity index (χ1) is 14.6. The van der Waals surface area contributed by atoms with E-state index in [2.05, 4.69) is 5.32 Å². The maximum atomic E-state index is 12.9. The first-order valence-electron chi connectivity index (χ1n) is 10.1. The van der Waals surface area contributed by atoms with Gasteiger partial charge in [-0.15, -0.1) is 0 Å². The van der Waals surface area contributed by atoms with Crippen LogP contribution in [0.15, 0.2) is 91.0 Å². The summed E-state index contributed by atoms with van der Waals surface area (Å²) in [6, 6.07) is 28.8. The van der Waals surface area contributed by atoms with Crippen LogP contribution in [-0.2, 0) is 29.1 Å². The predicted molar refractivity (Wildman–Crippen MR) is 117 cm³/mol. The average Bonchev–Trinajstić information content (AvgIpc) is 2.81. The van der Waals surface area contributed by atoms with Crippen LogP contribution in [0.3, 0.4) is 0 Å². The maximum Gasteiger partial charge on any atom is 0.312 e. The molecular weight excluding hydrogens is 376 g/mol. The Labute approximate surface area is 177 Å². The van der Waals surface area contributed by atoms with Gasteiger partial charge in [0.15, 0.2) is 0 Å². The zero-order chi connectivity index (χ0) is 21.2. The number of hydrogen-bond donors (Lipinski definition) is 3. The quantitative estimate of drug-likeness (QED) is 0.357. The largest absolute Gasteiger partial charge is 0.461 e. The number of carbonyl (C=O) groups is 1. The molecule has 0 saturated carbocycles. The van der Waals surface area contributed by atoms with Gasteiger partial charge >= 0.3 is 5.97 Å². The molecule has 0 fully saturated rings. The second-order valence-electron chi connectivity index (χ2n) is 7.27. The Kier molecular flexibility index (Phi) is 8.15. The lowest BCUT2D eigenvalue weighted by molar-refractivity contribution is -0.154. The van der Waals surface area contributed by atoms with Crippen molar-refractivity contribution >= 4 is 5.97 Å². The smallest absolute Gasteiger partial charge is 0.312 e. The number of nitrogens with two attached hydrogens (primary N) is 1. The van der Waals surface area contributed by atoms with Gasteiger partial charge in [-0.2, -0.15) is 0 Å². The van der Waals surface area contributed by atoms with E-state index >= 15 is 0 Å². The normalized spacial score (nSPS) is 13.9. The van der Waals surface area contributed by atoms with Crippen LogP contribution in [0.1, 0.15) is 16.7 Å². The summed E-state index contributed by atoms with van der Waals surface area (Å²) < 4.78 is 5.51. The fraction of sp³-hybridized carbons (Fsp3) is 0.240. The van der Waals surface area contributed by atoms with E-state index in [4.69, 9.17) is 10.5 Å². The van der Waals surface area contributed by atoms with Crippen molar-refractivity contribution in [2.75, 3.05) is 0 Å². The summed E-state index contributed by atoms with van der Waals surface area (Å²) in [4.78, 5) is 12.9. The van der Waals surface area contributed by atoms with E-state index in [1.54, 1.807) is 0 Å². The summed E-state index contributed by atoms with van der Waals surface area (Å²) in [7, 11) is 0.